The number of halogens is 8. The number of para-hydroxylation sites is 1. The normalized spacial score (nSPS) is 21.6. The summed E-state index contributed by atoms with van der Waals surface area (Å²) in [5.41, 5.74) is -3.01. The lowest BCUT2D eigenvalue weighted by Crippen LogP contribution is -2.73. The fraction of sp³-hybridized carbons (Fsp3) is 0.125. The largest absolute Gasteiger partial charge is 0.359 e. The maximum Gasteiger partial charge on any atom is 0.282 e. The SMILES string of the molecule is O=S(=O)(N=C1C(Cl)=C(Cl)C(Nc2ccccc2)(NS(=O)(=O)c2ccc(Cl)cc2)C(Cl)(Cl)C1(Cl)Cl)c1ccc(Cl)cc1. The van der Waals surface area contributed by atoms with E-state index in [2.05, 4.69) is 14.4 Å². The van der Waals surface area contributed by atoms with E-state index in [9.17, 15) is 16.8 Å². The van der Waals surface area contributed by atoms with Gasteiger partial charge >= 0.3 is 0 Å². The van der Waals surface area contributed by atoms with Gasteiger partial charge < -0.3 is 5.32 Å². The van der Waals surface area contributed by atoms with Crippen LogP contribution in [0.15, 0.2) is 103 Å². The Morgan fingerprint density at radius 3 is 1.66 bits per heavy atom. The van der Waals surface area contributed by atoms with Crippen molar-refractivity contribution in [2.75, 3.05) is 5.32 Å². The van der Waals surface area contributed by atoms with Crippen molar-refractivity contribution in [1.29, 1.82) is 0 Å². The van der Waals surface area contributed by atoms with Crippen molar-refractivity contribution in [2.45, 2.75) is 24.1 Å². The second kappa shape index (κ2) is 11.9. The Hall–Kier alpha value is -0.950. The highest BCUT2D eigenvalue weighted by molar-refractivity contribution is 7.90. The first-order chi connectivity index (χ1) is 18.9. The standard InChI is InChI=1S/C24H15Cl8N3O4S2/c25-14-6-10-17(11-7-14)40(36,37)34-21-19(27)20(28)23(24(31,32)22(21,29)30,33-16-4-2-1-3-5-16)35-41(38,39)18-12-8-15(26)9-13-18/h1-13,33,35H. The van der Waals surface area contributed by atoms with E-state index in [0.29, 0.717) is 0 Å². The molecule has 1 atom stereocenters. The summed E-state index contributed by atoms with van der Waals surface area (Å²) < 4.78 is 54.2. The molecule has 0 saturated heterocycles. The number of hydrogen-bond acceptors (Lipinski definition) is 5. The summed E-state index contributed by atoms with van der Waals surface area (Å²) in [6, 6.07) is 18.1. The Bertz CT molecular complexity index is 1750. The third kappa shape index (κ3) is 6.19. The predicted octanol–water partition coefficient (Wildman–Crippen LogP) is 7.96. The van der Waals surface area contributed by atoms with Crippen molar-refractivity contribution >= 4 is 124 Å². The number of rotatable bonds is 7. The van der Waals surface area contributed by atoms with E-state index in [1.54, 1.807) is 30.3 Å². The molecule has 1 unspecified atom stereocenters. The zero-order valence-corrected chi connectivity index (χ0v) is 27.6. The highest BCUT2D eigenvalue weighted by Gasteiger charge is 2.71. The molecule has 3 aromatic rings. The predicted molar refractivity (Wildman–Crippen MR) is 168 cm³/mol. The third-order valence-corrected chi connectivity index (χ3v) is 12.4. The summed E-state index contributed by atoms with van der Waals surface area (Å²) in [6.45, 7) is 0. The molecule has 0 amide bonds. The van der Waals surface area contributed by atoms with E-state index in [-0.39, 0.29) is 25.5 Å². The van der Waals surface area contributed by atoms with Crippen LogP contribution in [0.5, 0.6) is 0 Å². The van der Waals surface area contributed by atoms with Crippen molar-refractivity contribution in [2.24, 2.45) is 4.40 Å². The molecule has 0 heterocycles. The lowest BCUT2D eigenvalue weighted by atomic mass is 9.91. The van der Waals surface area contributed by atoms with E-state index < -0.39 is 50.2 Å². The first kappa shape index (κ1) is 33.0. The molecule has 0 aliphatic heterocycles. The van der Waals surface area contributed by atoms with Gasteiger partial charge in [0.1, 0.15) is 5.71 Å². The minimum absolute atomic E-state index is 0.248. The highest BCUT2D eigenvalue weighted by atomic mass is 35.5. The van der Waals surface area contributed by atoms with E-state index in [1.165, 1.54) is 48.5 Å². The number of nitrogens with zero attached hydrogens (tertiary/aromatic N) is 1. The smallest absolute Gasteiger partial charge is 0.282 e. The summed E-state index contributed by atoms with van der Waals surface area (Å²) in [6.07, 6.45) is 0. The minimum Gasteiger partial charge on any atom is -0.359 e. The quantitative estimate of drug-likeness (QED) is 0.188. The van der Waals surface area contributed by atoms with Crippen LogP contribution < -0.4 is 10.0 Å². The average molecular weight is 757 g/mol. The first-order valence-corrected chi connectivity index (χ1v) is 16.9. The summed E-state index contributed by atoms with van der Waals surface area (Å²) in [5, 5.41) is 2.11. The van der Waals surface area contributed by atoms with Crippen molar-refractivity contribution in [3.8, 4) is 0 Å². The zero-order valence-electron chi connectivity index (χ0n) is 19.9. The molecule has 3 aromatic carbocycles. The Labute approximate surface area is 276 Å². The number of anilines is 1. The Morgan fingerprint density at radius 2 is 1.15 bits per heavy atom. The van der Waals surface area contributed by atoms with Crippen LogP contribution >= 0.6 is 92.8 Å². The van der Waals surface area contributed by atoms with Crippen molar-refractivity contribution in [3.05, 3.63) is 99.0 Å². The summed E-state index contributed by atoms with van der Waals surface area (Å²) in [7, 11) is -9.08. The number of benzene rings is 3. The van der Waals surface area contributed by atoms with Crippen LogP contribution in [0, 0.1) is 0 Å². The summed E-state index contributed by atoms with van der Waals surface area (Å²) in [5.74, 6) is 0. The molecule has 4 rings (SSSR count). The zero-order chi connectivity index (χ0) is 30.4. The minimum atomic E-state index is -4.54. The number of sulfonamides is 2. The Morgan fingerprint density at radius 1 is 0.659 bits per heavy atom. The maximum absolute atomic E-state index is 13.6. The molecule has 0 radical (unpaired) electrons. The second-order valence-corrected chi connectivity index (χ2v) is 16.0. The molecule has 0 saturated carbocycles. The van der Waals surface area contributed by atoms with Crippen LogP contribution in [-0.2, 0) is 20.0 Å². The van der Waals surface area contributed by atoms with Crippen LogP contribution in [0.2, 0.25) is 10.0 Å². The molecule has 1 aliphatic rings. The van der Waals surface area contributed by atoms with Gasteiger partial charge in [-0.3, -0.25) is 0 Å². The number of alkyl halides is 4. The molecule has 218 valence electrons. The van der Waals surface area contributed by atoms with E-state index >= 15 is 0 Å². The lowest BCUT2D eigenvalue weighted by molar-refractivity contribution is 0.442. The highest BCUT2D eigenvalue weighted by Crippen LogP contribution is 2.59. The Balaban J connectivity index is 1.98. The van der Waals surface area contributed by atoms with Gasteiger partial charge in [0.25, 0.3) is 10.0 Å². The van der Waals surface area contributed by atoms with Gasteiger partial charge in [0.2, 0.25) is 10.0 Å². The van der Waals surface area contributed by atoms with Crippen molar-refractivity contribution < 1.29 is 16.8 Å². The summed E-state index contributed by atoms with van der Waals surface area (Å²) in [4.78, 5) is -0.558. The van der Waals surface area contributed by atoms with Gasteiger partial charge in [-0.15, -0.1) is 0 Å². The lowest BCUT2D eigenvalue weighted by Gasteiger charge is -2.51. The van der Waals surface area contributed by atoms with Crippen LogP contribution in [-0.4, -0.2) is 36.9 Å². The molecule has 0 spiro atoms. The fourth-order valence-corrected chi connectivity index (χ4v) is 8.59. The number of hydrogen-bond donors (Lipinski definition) is 2. The van der Waals surface area contributed by atoms with Gasteiger partial charge in [-0.1, -0.05) is 111 Å². The van der Waals surface area contributed by atoms with Gasteiger partial charge in [0.05, 0.1) is 19.9 Å². The average Bonchev–Trinajstić information content (AvgIpc) is 2.90. The van der Waals surface area contributed by atoms with Gasteiger partial charge in [-0.2, -0.15) is 17.5 Å². The van der Waals surface area contributed by atoms with Crippen LogP contribution in [0.1, 0.15) is 0 Å². The monoisotopic (exact) mass is 753 g/mol. The van der Waals surface area contributed by atoms with Crippen LogP contribution in [0.4, 0.5) is 5.69 Å². The number of nitrogens with one attached hydrogen (secondary N) is 2. The van der Waals surface area contributed by atoms with Gasteiger partial charge in [-0.05, 0) is 60.7 Å². The van der Waals surface area contributed by atoms with Crippen molar-refractivity contribution in [3.63, 3.8) is 0 Å². The van der Waals surface area contributed by atoms with E-state index in [0.717, 1.165) is 0 Å². The fourth-order valence-electron chi connectivity index (χ4n) is 3.69. The van der Waals surface area contributed by atoms with E-state index in [1.807, 2.05) is 0 Å². The van der Waals surface area contributed by atoms with Gasteiger partial charge in [0, 0.05) is 15.7 Å². The second-order valence-electron chi connectivity index (χ2n) is 8.45. The molecular formula is C24H15Cl8N3O4S2. The molecule has 17 heteroatoms. The molecule has 0 fully saturated rings. The number of allylic oxidation sites excluding steroid dienone is 1. The molecule has 0 bridgehead atoms. The van der Waals surface area contributed by atoms with Gasteiger partial charge in [-0.25, -0.2) is 8.42 Å². The van der Waals surface area contributed by atoms with Gasteiger partial charge in [0.15, 0.2) is 14.3 Å². The topological polar surface area (TPSA) is 105 Å². The van der Waals surface area contributed by atoms with Crippen LogP contribution in [0.3, 0.4) is 0 Å². The molecule has 41 heavy (non-hydrogen) atoms. The first-order valence-electron chi connectivity index (χ1n) is 11.0. The molecule has 0 aromatic heterocycles. The molecular weight excluding hydrogens is 742 g/mol. The summed E-state index contributed by atoms with van der Waals surface area (Å²) >= 11 is 52.0. The maximum atomic E-state index is 13.6. The van der Waals surface area contributed by atoms with E-state index in [4.69, 9.17) is 92.8 Å². The molecule has 7 nitrogen and oxygen atoms in total. The third-order valence-electron chi connectivity index (χ3n) is 5.73. The van der Waals surface area contributed by atoms with Crippen molar-refractivity contribution in [1.82, 2.24) is 4.72 Å². The molecule has 2 N–H and O–H groups in total. The van der Waals surface area contributed by atoms with Crippen LogP contribution in [0.25, 0.3) is 0 Å². The Kier molecular flexibility index (Phi) is 9.53. The molecule has 1 aliphatic carbocycles.